The van der Waals surface area contributed by atoms with E-state index in [0.29, 0.717) is 12.8 Å². The predicted octanol–water partition coefficient (Wildman–Crippen LogP) is 6.95. The highest BCUT2D eigenvalue weighted by atomic mass is 28.4. The molecular weight excluding hydrogens is 512 g/mol. The fourth-order valence-corrected chi connectivity index (χ4v) is 7.13. The van der Waals surface area contributed by atoms with Gasteiger partial charge < -0.3 is 28.1 Å². The molecule has 0 N–H and O–H groups in total. The number of carbonyl (C=O) groups excluding carboxylic acids is 1. The van der Waals surface area contributed by atoms with E-state index in [1.165, 1.54) is 6.42 Å². The lowest BCUT2D eigenvalue weighted by atomic mass is 9.58. The molecule has 0 aromatic rings. The Bertz CT molecular complexity index is 842. The van der Waals surface area contributed by atoms with E-state index in [1.807, 2.05) is 18.2 Å². The molecule has 0 saturated heterocycles. The monoisotopic (exact) mass is 566 g/mol. The van der Waals surface area contributed by atoms with Crippen molar-refractivity contribution in [2.45, 2.75) is 109 Å². The van der Waals surface area contributed by atoms with Crippen LogP contribution in [-0.4, -0.2) is 66.5 Å². The summed E-state index contributed by atoms with van der Waals surface area (Å²) in [5, 5.41) is -0.0259. The van der Waals surface area contributed by atoms with Crippen LogP contribution in [0.25, 0.3) is 0 Å². The molecule has 0 amide bonds. The normalized spacial score (nSPS) is 28.6. The van der Waals surface area contributed by atoms with Gasteiger partial charge in [0, 0.05) is 19.6 Å². The van der Waals surface area contributed by atoms with Crippen LogP contribution in [0.3, 0.4) is 0 Å². The van der Waals surface area contributed by atoms with Crippen LogP contribution in [0.2, 0.25) is 18.1 Å². The van der Waals surface area contributed by atoms with Crippen LogP contribution < -0.4 is 0 Å². The Morgan fingerprint density at radius 3 is 2.21 bits per heavy atom. The number of methoxy groups -OCH3 is 2. The number of rotatable bonds is 15. The third-order valence-electron chi connectivity index (χ3n) is 9.07. The SMILES string of the molecule is C=CC[C@]1(OCOC)C(COC(=O)C2CCCCC2)=C[C@@H](OCOC)[C@H](O[Si](C)(C)C(C)(C)C)[C@@]1(C)CC=C. The van der Waals surface area contributed by atoms with Gasteiger partial charge in [0.15, 0.2) is 8.32 Å². The maximum absolute atomic E-state index is 13.1. The number of allylic oxidation sites excluding steroid dienone is 1. The molecule has 39 heavy (non-hydrogen) atoms. The first-order valence-electron chi connectivity index (χ1n) is 14.3. The van der Waals surface area contributed by atoms with Crippen LogP contribution in [0.15, 0.2) is 37.0 Å². The second kappa shape index (κ2) is 14.6. The summed E-state index contributed by atoms with van der Waals surface area (Å²) in [5.41, 5.74) is -0.758. The van der Waals surface area contributed by atoms with Crippen LogP contribution in [0, 0.1) is 11.3 Å². The quantitative estimate of drug-likeness (QED) is 0.0919. The minimum atomic E-state index is -2.27. The first kappa shape index (κ1) is 33.9. The number of hydrogen-bond acceptors (Lipinski definition) is 7. The average Bonchev–Trinajstić information content (AvgIpc) is 2.88. The molecule has 0 spiro atoms. The zero-order valence-electron chi connectivity index (χ0n) is 25.8. The molecule has 0 unspecified atom stereocenters. The van der Waals surface area contributed by atoms with E-state index in [-0.39, 0.29) is 43.2 Å². The Morgan fingerprint density at radius 2 is 1.67 bits per heavy atom. The fraction of sp³-hybridized carbons (Fsp3) is 0.774. The van der Waals surface area contributed by atoms with Crippen LogP contribution in [0.1, 0.15) is 72.6 Å². The largest absolute Gasteiger partial charge is 0.461 e. The Balaban J connectivity index is 2.66. The summed E-state index contributed by atoms with van der Waals surface area (Å²) in [7, 11) is 0.943. The van der Waals surface area contributed by atoms with Crippen LogP contribution >= 0.6 is 0 Å². The molecule has 0 aromatic carbocycles. The van der Waals surface area contributed by atoms with E-state index in [1.54, 1.807) is 14.2 Å². The molecule has 224 valence electrons. The van der Waals surface area contributed by atoms with Crippen molar-refractivity contribution in [3.63, 3.8) is 0 Å². The van der Waals surface area contributed by atoms with Gasteiger partial charge in [0.05, 0.1) is 12.0 Å². The Labute approximate surface area is 238 Å². The van der Waals surface area contributed by atoms with E-state index >= 15 is 0 Å². The van der Waals surface area contributed by atoms with Crippen molar-refractivity contribution in [2.75, 3.05) is 34.4 Å². The third kappa shape index (κ3) is 7.71. The second-order valence-electron chi connectivity index (χ2n) is 12.8. The minimum Gasteiger partial charge on any atom is -0.461 e. The summed E-state index contributed by atoms with van der Waals surface area (Å²) >= 11 is 0. The molecule has 7 nitrogen and oxygen atoms in total. The van der Waals surface area contributed by atoms with Gasteiger partial charge in [-0.25, -0.2) is 0 Å². The summed E-state index contributed by atoms with van der Waals surface area (Å²) in [6.45, 7) is 21.8. The molecule has 2 aliphatic rings. The van der Waals surface area contributed by atoms with Crippen molar-refractivity contribution < 1.29 is 32.9 Å². The van der Waals surface area contributed by atoms with Gasteiger partial charge >= 0.3 is 5.97 Å². The second-order valence-corrected chi connectivity index (χ2v) is 17.5. The highest BCUT2D eigenvalue weighted by Gasteiger charge is 2.61. The summed E-state index contributed by atoms with van der Waals surface area (Å²) in [4.78, 5) is 13.1. The third-order valence-corrected chi connectivity index (χ3v) is 13.5. The Kier molecular flexibility index (Phi) is 12.7. The van der Waals surface area contributed by atoms with E-state index in [4.69, 9.17) is 28.1 Å². The first-order valence-corrected chi connectivity index (χ1v) is 17.2. The molecule has 4 atom stereocenters. The van der Waals surface area contributed by atoms with Crippen molar-refractivity contribution in [3.05, 3.63) is 37.0 Å². The topological polar surface area (TPSA) is 72.5 Å². The highest BCUT2D eigenvalue weighted by Crippen LogP contribution is 2.55. The van der Waals surface area contributed by atoms with Crippen molar-refractivity contribution in [2.24, 2.45) is 11.3 Å². The molecule has 0 heterocycles. The average molecular weight is 567 g/mol. The Morgan fingerprint density at radius 1 is 1.05 bits per heavy atom. The first-order chi connectivity index (χ1) is 18.3. The molecule has 0 aliphatic heterocycles. The van der Waals surface area contributed by atoms with Crippen LogP contribution in [0.5, 0.6) is 0 Å². The Hall–Kier alpha value is -1.29. The van der Waals surface area contributed by atoms with Gasteiger partial charge in [-0.15, -0.1) is 13.2 Å². The van der Waals surface area contributed by atoms with Gasteiger partial charge in [-0.2, -0.15) is 0 Å². The number of ether oxygens (including phenoxy) is 5. The molecule has 1 fully saturated rings. The lowest BCUT2D eigenvalue weighted by Crippen LogP contribution is -2.65. The molecule has 1 saturated carbocycles. The van der Waals surface area contributed by atoms with Gasteiger partial charge in [0.2, 0.25) is 0 Å². The molecule has 0 aromatic heterocycles. The van der Waals surface area contributed by atoms with Gasteiger partial charge in [0.25, 0.3) is 0 Å². The van der Waals surface area contributed by atoms with Crippen LogP contribution in [-0.2, 0) is 32.9 Å². The summed E-state index contributed by atoms with van der Waals surface area (Å²) < 4.78 is 36.9. The molecule has 0 bridgehead atoms. The molecule has 8 heteroatoms. The van der Waals surface area contributed by atoms with Crippen molar-refractivity contribution in [3.8, 4) is 0 Å². The number of carbonyl (C=O) groups is 1. The van der Waals surface area contributed by atoms with E-state index < -0.39 is 25.4 Å². The van der Waals surface area contributed by atoms with E-state index in [2.05, 4.69) is 53.9 Å². The zero-order chi connectivity index (χ0) is 29.3. The highest BCUT2D eigenvalue weighted by molar-refractivity contribution is 6.74. The van der Waals surface area contributed by atoms with Crippen molar-refractivity contribution in [1.29, 1.82) is 0 Å². The standard InChI is InChI=1S/C31H54O7Si/c1-11-18-30(6)27(38-39(9,10)29(3,4)5)26(36-22-33-7)20-25(31(30,19-12-2)37-23-34-8)21-35-28(32)24-16-14-13-15-17-24/h11-12,20,24,26-27H,1-2,13-19,21-23H2,3-10H3/t26-,27+,30-,31+/m1/s1. The zero-order valence-corrected chi connectivity index (χ0v) is 26.8. The van der Waals surface area contributed by atoms with Gasteiger partial charge in [-0.05, 0) is 55.5 Å². The van der Waals surface area contributed by atoms with Gasteiger partial charge in [-0.3, -0.25) is 4.79 Å². The summed E-state index contributed by atoms with van der Waals surface area (Å²) in [6.07, 6.45) is 11.1. The molecule has 2 aliphatic carbocycles. The summed E-state index contributed by atoms with van der Waals surface area (Å²) in [6, 6.07) is 0. The van der Waals surface area contributed by atoms with Crippen LogP contribution in [0.4, 0.5) is 0 Å². The van der Waals surface area contributed by atoms with Crippen molar-refractivity contribution in [1.82, 2.24) is 0 Å². The summed E-state index contributed by atoms with van der Waals surface area (Å²) in [5.74, 6) is -0.194. The molecular formula is C31H54O7Si. The molecule has 0 radical (unpaired) electrons. The van der Waals surface area contributed by atoms with Gasteiger partial charge in [-0.1, -0.05) is 59.1 Å². The maximum atomic E-state index is 13.1. The van der Waals surface area contributed by atoms with Gasteiger partial charge in [0.1, 0.15) is 31.9 Å². The minimum absolute atomic E-state index is 0.0259. The van der Waals surface area contributed by atoms with Crippen molar-refractivity contribution >= 4 is 14.3 Å². The predicted molar refractivity (Wildman–Crippen MR) is 158 cm³/mol. The fourth-order valence-electron chi connectivity index (χ4n) is 5.75. The maximum Gasteiger partial charge on any atom is 0.309 e. The smallest absolute Gasteiger partial charge is 0.309 e. The van der Waals surface area contributed by atoms with E-state index in [0.717, 1.165) is 31.3 Å². The number of hydrogen-bond donors (Lipinski definition) is 0. The number of esters is 1. The molecule has 2 rings (SSSR count). The van der Waals surface area contributed by atoms with E-state index in [9.17, 15) is 4.79 Å². The lowest BCUT2D eigenvalue weighted by Gasteiger charge is -2.58. The lowest BCUT2D eigenvalue weighted by molar-refractivity contribution is -0.220.